The lowest BCUT2D eigenvalue weighted by molar-refractivity contribution is 0.216. The third-order valence-corrected chi connectivity index (χ3v) is 3.18. The lowest BCUT2D eigenvalue weighted by Crippen LogP contribution is -2.44. The first kappa shape index (κ1) is 11.8. The summed E-state index contributed by atoms with van der Waals surface area (Å²) in [6.07, 6.45) is 1.74. The number of rotatable bonds is 3. The number of aromatic nitrogens is 2. The van der Waals surface area contributed by atoms with Crippen molar-refractivity contribution in [1.29, 1.82) is 0 Å². The summed E-state index contributed by atoms with van der Waals surface area (Å²) >= 11 is 0. The van der Waals surface area contributed by atoms with Crippen molar-refractivity contribution in [3.05, 3.63) is 30.5 Å². The molecule has 17 heavy (non-hydrogen) atoms. The van der Waals surface area contributed by atoms with E-state index < -0.39 is 0 Å². The summed E-state index contributed by atoms with van der Waals surface area (Å²) in [6.45, 7) is 4.06. The minimum atomic E-state index is -0.328. The Morgan fingerprint density at radius 3 is 2.71 bits per heavy atom. The van der Waals surface area contributed by atoms with Gasteiger partial charge in [0.1, 0.15) is 0 Å². The Bertz CT molecular complexity index is 520. The molecule has 4 heteroatoms. The normalized spacial score (nSPS) is 11.8. The van der Waals surface area contributed by atoms with E-state index in [0.717, 1.165) is 16.6 Å². The molecule has 1 N–H and O–H groups in total. The molecule has 4 nitrogen and oxygen atoms in total. The minimum absolute atomic E-state index is 0.0835. The van der Waals surface area contributed by atoms with Gasteiger partial charge in [0.25, 0.3) is 0 Å². The average Bonchev–Trinajstić information content (AvgIpc) is 2.37. The number of hydrogen-bond donors (Lipinski definition) is 1. The van der Waals surface area contributed by atoms with Crippen LogP contribution in [0.5, 0.6) is 0 Å². The molecule has 0 unspecified atom stereocenters. The zero-order chi connectivity index (χ0) is 12.5. The molecule has 2 rings (SSSR count). The molecule has 0 amide bonds. The van der Waals surface area contributed by atoms with Crippen molar-refractivity contribution in [3.8, 4) is 0 Å². The van der Waals surface area contributed by atoms with Crippen molar-refractivity contribution >= 4 is 16.6 Å². The molecule has 0 aliphatic carbocycles. The molecule has 0 bridgehead atoms. The second-order valence-electron chi connectivity index (χ2n) is 4.78. The molecule has 0 aliphatic rings. The highest BCUT2D eigenvalue weighted by atomic mass is 16.3. The van der Waals surface area contributed by atoms with Crippen molar-refractivity contribution in [1.82, 2.24) is 10.2 Å². The molecule has 0 radical (unpaired) electrons. The fourth-order valence-corrected chi connectivity index (χ4v) is 1.69. The van der Waals surface area contributed by atoms with E-state index in [-0.39, 0.29) is 12.1 Å². The number of aliphatic hydroxyl groups excluding tert-OH is 1. The highest BCUT2D eigenvalue weighted by Gasteiger charge is 2.24. The first-order valence-electron chi connectivity index (χ1n) is 5.61. The van der Waals surface area contributed by atoms with Gasteiger partial charge in [-0.3, -0.25) is 0 Å². The highest BCUT2D eigenvalue weighted by molar-refractivity contribution is 5.90. The Morgan fingerprint density at radius 2 is 2.00 bits per heavy atom. The predicted molar refractivity (Wildman–Crippen MR) is 69.1 cm³/mol. The van der Waals surface area contributed by atoms with Gasteiger partial charge in [-0.25, -0.2) is 0 Å². The molecule has 0 aliphatic heterocycles. The van der Waals surface area contributed by atoms with Gasteiger partial charge in [-0.2, -0.15) is 10.2 Å². The molecular weight excluding hydrogens is 214 g/mol. The van der Waals surface area contributed by atoms with Crippen LogP contribution >= 0.6 is 0 Å². The minimum Gasteiger partial charge on any atom is -0.394 e. The second kappa shape index (κ2) is 4.30. The highest BCUT2D eigenvalue weighted by Crippen LogP contribution is 2.27. The first-order valence-corrected chi connectivity index (χ1v) is 5.61. The molecular formula is C13H17N3O. The van der Waals surface area contributed by atoms with Crippen LogP contribution in [0.3, 0.4) is 0 Å². The maximum absolute atomic E-state index is 9.42. The van der Waals surface area contributed by atoms with Gasteiger partial charge in [-0.1, -0.05) is 18.2 Å². The van der Waals surface area contributed by atoms with Crippen LogP contribution in [0.15, 0.2) is 30.5 Å². The SMILES string of the molecule is CN(c1cnnc2ccccc12)C(C)(C)CO. The number of aliphatic hydroxyl groups is 1. The average molecular weight is 231 g/mol. The summed E-state index contributed by atoms with van der Waals surface area (Å²) < 4.78 is 0. The number of hydrogen-bond acceptors (Lipinski definition) is 4. The zero-order valence-electron chi connectivity index (χ0n) is 10.4. The number of likely N-dealkylation sites (N-methyl/N-ethyl adjacent to an activating group) is 1. The quantitative estimate of drug-likeness (QED) is 0.875. The maximum atomic E-state index is 9.42. The van der Waals surface area contributed by atoms with E-state index in [2.05, 4.69) is 10.2 Å². The predicted octanol–water partition coefficient (Wildman–Crippen LogP) is 1.84. The number of fused-ring (bicyclic) bond motifs is 1. The van der Waals surface area contributed by atoms with E-state index in [4.69, 9.17) is 0 Å². The van der Waals surface area contributed by atoms with Crippen molar-refractivity contribution in [2.24, 2.45) is 0 Å². The number of benzene rings is 1. The smallest absolute Gasteiger partial charge is 0.0950 e. The summed E-state index contributed by atoms with van der Waals surface area (Å²) in [5.74, 6) is 0. The van der Waals surface area contributed by atoms with E-state index in [9.17, 15) is 5.11 Å². The van der Waals surface area contributed by atoms with Gasteiger partial charge in [-0.05, 0) is 19.9 Å². The van der Waals surface area contributed by atoms with Crippen molar-refractivity contribution < 1.29 is 5.11 Å². The largest absolute Gasteiger partial charge is 0.394 e. The van der Waals surface area contributed by atoms with Gasteiger partial charge in [0.05, 0.1) is 29.5 Å². The van der Waals surface area contributed by atoms with E-state index in [1.54, 1.807) is 6.20 Å². The molecule has 0 fully saturated rings. The van der Waals surface area contributed by atoms with Crippen LogP contribution in [0.2, 0.25) is 0 Å². The standard InChI is InChI=1S/C13H17N3O/c1-13(2,9-17)16(3)12-8-14-15-11-7-5-4-6-10(11)12/h4-8,17H,9H2,1-3H3. The summed E-state index contributed by atoms with van der Waals surface area (Å²) in [6, 6.07) is 7.88. The fraction of sp³-hybridized carbons (Fsp3) is 0.385. The summed E-state index contributed by atoms with van der Waals surface area (Å²) in [5.41, 5.74) is 1.52. The molecule has 90 valence electrons. The maximum Gasteiger partial charge on any atom is 0.0950 e. The Labute approximate surface area is 101 Å². The monoisotopic (exact) mass is 231 g/mol. The first-order chi connectivity index (χ1) is 8.06. The molecule has 0 spiro atoms. The third-order valence-electron chi connectivity index (χ3n) is 3.18. The Morgan fingerprint density at radius 1 is 1.29 bits per heavy atom. The van der Waals surface area contributed by atoms with Crippen molar-refractivity contribution in [2.75, 3.05) is 18.6 Å². The van der Waals surface area contributed by atoms with Crippen LogP contribution in [-0.2, 0) is 0 Å². The van der Waals surface area contributed by atoms with E-state index in [0.29, 0.717) is 0 Å². The van der Waals surface area contributed by atoms with Crippen molar-refractivity contribution in [3.63, 3.8) is 0 Å². The Balaban J connectivity index is 2.56. The fourth-order valence-electron chi connectivity index (χ4n) is 1.69. The lowest BCUT2D eigenvalue weighted by atomic mass is 10.0. The van der Waals surface area contributed by atoms with Gasteiger partial charge in [0.2, 0.25) is 0 Å². The van der Waals surface area contributed by atoms with Crippen LogP contribution in [0.1, 0.15) is 13.8 Å². The molecule has 1 aromatic carbocycles. The molecule has 0 saturated heterocycles. The number of anilines is 1. The summed E-state index contributed by atoms with van der Waals surface area (Å²) in [7, 11) is 1.96. The van der Waals surface area contributed by atoms with Gasteiger partial charge in [0, 0.05) is 12.4 Å². The Kier molecular flexibility index (Phi) is 2.98. The molecule has 0 atom stereocenters. The lowest BCUT2D eigenvalue weighted by Gasteiger charge is -2.36. The van der Waals surface area contributed by atoms with Gasteiger partial charge in [-0.15, -0.1) is 0 Å². The van der Waals surface area contributed by atoms with E-state index in [1.165, 1.54) is 0 Å². The molecule has 2 aromatic rings. The zero-order valence-corrected chi connectivity index (χ0v) is 10.4. The van der Waals surface area contributed by atoms with E-state index >= 15 is 0 Å². The van der Waals surface area contributed by atoms with E-state index in [1.807, 2.05) is 50.1 Å². The van der Waals surface area contributed by atoms with Gasteiger partial charge >= 0.3 is 0 Å². The Hall–Kier alpha value is -1.68. The third kappa shape index (κ3) is 2.08. The van der Waals surface area contributed by atoms with Crippen LogP contribution in [0, 0.1) is 0 Å². The summed E-state index contributed by atoms with van der Waals surface area (Å²) in [5, 5.41) is 18.6. The summed E-state index contributed by atoms with van der Waals surface area (Å²) in [4.78, 5) is 2.03. The second-order valence-corrected chi connectivity index (χ2v) is 4.78. The molecule has 0 saturated carbocycles. The van der Waals surface area contributed by atoms with Crippen LogP contribution in [0.4, 0.5) is 5.69 Å². The number of nitrogens with zero attached hydrogens (tertiary/aromatic N) is 3. The van der Waals surface area contributed by atoms with Gasteiger partial charge in [0.15, 0.2) is 0 Å². The van der Waals surface area contributed by atoms with Gasteiger partial charge < -0.3 is 10.0 Å². The molecule has 1 aromatic heterocycles. The topological polar surface area (TPSA) is 49.2 Å². The van der Waals surface area contributed by atoms with Crippen molar-refractivity contribution in [2.45, 2.75) is 19.4 Å². The molecule has 1 heterocycles. The van der Waals surface area contributed by atoms with Crippen LogP contribution in [0.25, 0.3) is 10.9 Å². The van der Waals surface area contributed by atoms with Crippen LogP contribution < -0.4 is 4.90 Å². The van der Waals surface area contributed by atoms with Crippen LogP contribution in [-0.4, -0.2) is 34.5 Å².